The van der Waals surface area contributed by atoms with E-state index in [2.05, 4.69) is 10.3 Å². The highest BCUT2D eigenvalue weighted by Crippen LogP contribution is 2.23. The van der Waals surface area contributed by atoms with Gasteiger partial charge in [0.15, 0.2) is 0 Å². The summed E-state index contributed by atoms with van der Waals surface area (Å²) in [6.45, 7) is 1.92. The lowest BCUT2D eigenvalue weighted by Gasteiger charge is -2.22. The van der Waals surface area contributed by atoms with Gasteiger partial charge in [-0.1, -0.05) is 0 Å². The Morgan fingerprint density at radius 1 is 1.53 bits per heavy atom. The van der Waals surface area contributed by atoms with Crippen molar-refractivity contribution in [1.29, 1.82) is 0 Å². The van der Waals surface area contributed by atoms with Crippen molar-refractivity contribution >= 4 is 11.3 Å². The third kappa shape index (κ3) is 3.00. The molecule has 1 heterocycles. The highest BCUT2D eigenvalue weighted by atomic mass is 32.1. The average Bonchev–Trinajstić information content (AvgIpc) is 2.71. The Labute approximate surface area is 95.1 Å². The minimum Gasteiger partial charge on any atom is -0.330 e. The normalized spacial score (nSPS) is 20.2. The lowest BCUT2D eigenvalue weighted by molar-refractivity contribution is 0.452. The first-order chi connectivity index (χ1) is 7.40. The minimum absolute atomic E-state index is 0.663. The van der Waals surface area contributed by atoms with E-state index in [0.29, 0.717) is 6.04 Å². The standard InChI is InChI=1S/C11H19N3S/c12-5-1-2-6-13-9-3-4-10-11(7-9)15-8-14-10/h8-9,13H,1-7,12H2. The van der Waals surface area contributed by atoms with Crippen LogP contribution in [-0.2, 0) is 12.8 Å². The second-order valence-electron chi connectivity index (χ2n) is 4.11. The molecule has 0 spiro atoms. The zero-order chi connectivity index (χ0) is 10.5. The van der Waals surface area contributed by atoms with E-state index in [1.165, 1.54) is 29.8 Å². The predicted octanol–water partition coefficient (Wildman–Crippen LogP) is 1.33. The maximum Gasteiger partial charge on any atom is 0.0797 e. The molecule has 0 saturated carbocycles. The molecule has 1 unspecified atom stereocenters. The molecule has 0 aromatic carbocycles. The molecular formula is C11H19N3S. The third-order valence-electron chi connectivity index (χ3n) is 2.95. The maximum atomic E-state index is 5.46. The molecule has 0 amide bonds. The lowest BCUT2D eigenvalue weighted by atomic mass is 9.97. The maximum absolute atomic E-state index is 5.46. The number of hydrogen-bond donors (Lipinski definition) is 2. The van der Waals surface area contributed by atoms with Gasteiger partial charge in [0.1, 0.15) is 0 Å². The van der Waals surface area contributed by atoms with Gasteiger partial charge in [-0.2, -0.15) is 0 Å². The minimum atomic E-state index is 0.663. The first kappa shape index (κ1) is 11.0. The summed E-state index contributed by atoms with van der Waals surface area (Å²) < 4.78 is 0. The fourth-order valence-electron chi connectivity index (χ4n) is 2.05. The van der Waals surface area contributed by atoms with E-state index in [9.17, 15) is 0 Å². The van der Waals surface area contributed by atoms with Crippen molar-refractivity contribution < 1.29 is 0 Å². The Balaban J connectivity index is 1.73. The largest absolute Gasteiger partial charge is 0.330 e. The van der Waals surface area contributed by atoms with E-state index < -0.39 is 0 Å². The summed E-state index contributed by atoms with van der Waals surface area (Å²) in [4.78, 5) is 5.86. The molecule has 4 heteroatoms. The number of fused-ring (bicyclic) bond motifs is 1. The van der Waals surface area contributed by atoms with E-state index in [-0.39, 0.29) is 0 Å². The topological polar surface area (TPSA) is 50.9 Å². The molecule has 1 aromatic rings. The number of aromatic nitrogens is 1. The Hall–Kier alpha value is -0.450. The molecule has 0 fully saturated rings. The summed E-state index contributed by atoms with van der Waals surface area (Å²) in [5, 5.41) is 3.61. The molecular weight excluding hydrogens is 206 g/mol. The molecule has 15 heavy (non-hydrogen) atoms. The fraction of sp³-hybridized carbons (Fsp3) is 0.727. The molecule has 1 aromatic heterocycles. The van der Waals surface area contributed by atoms with E-state index in [4.69, 9.17) is 5.73 Å². The fourth-order valence-corrected chi connectivity index (χ4v) is 2.95. The van der Waals surface area contributed by atoms with Gasteiger partial charge in [-0.25, -0.2) is 4.98 Å². The van der Waals surface area contributed by atoms with E-state index in [1.807, 2.05) is 5.51 Å². The number of aryl methyl sites for hydroxylation is 1. The van der Waals surface area contributed by atoms with Crippen LogP contribution < -0.4 is 11.1 Å². The summed E-state index contributed by atoms with van der Waals surface area (Å²) in [5.41, 5.74) is 8.77. The summed E-state index contributed by atoms with van der Waals surface area (Å²) in [6.07, 6.45) is 5.88. The number of thiazole rings is 1. The highest BCUT2D eigenvalue weighted by molar-refractivity contribution is 7.09. The van der Waals surface area contributed by atoms with Crippen LogP contribution in [0.5, 0.6) is 0 Å². The quantitative estimate of drug-likeness (QED) is 0.743. The average molecular weight is 225 g/mol. The first-order valence-corrected chi connectivity index (χ1v) is 6.63. The number of hydrogen-bond acceptors (Lipinski definition) is 4. The lowest BCUT2D eigenvalue weighted by Crippen LogP contribution is -2.34. The van der Waals surface area contributed by atoms with Gasteiger partial charge in [0, 0.05) is 10.9 Å². The number of nitrogens with two attached hydrogens (primary N) is 1. The second kappa shape index (κ2) is 5.58. The van der Waals surface area contributed by atoms with E-state index in [1.54, 1.807) is 11.3 Å². The summed E-state index contributed by atoms with van der Waals surface area (Å²) in [7, 11) is 0. The van der Waals surface area contributed by atoms with Crippen LogP contribution in [0.15, 0.2) is 5.51 Å². The van der Waals surface area contributed by atoms with Crippen LogP contribution in [0.4, 0.5) is 0 Å². The summed E-state index contributed by atoms with van der Waals surface area (Å²) in [5.74, 6) is 0. The third-order valence-corrected chi connectivity index (χ3v) is 3.85. The predicted molar refractivity (Wildman–Crippen MR) is 64.2 cm³/mol. The van der Waals surface area contributed by atoms with E-state index >= 15 is 0 Å². The molecule has 1 atom stereocenters. The van der Waals surface area contributed by atoms with Gasteiger partial charge in [0.2, 0.25) is 0 Å². The summed E-state index contributed by atoms with van der Waals surface area (Å²) >= 11 is 1.80. The number of nitrogens with zero attached hydrogens (tertiary/aromatic N) is 1. The Kier molecular flexibility index (Phi) is 4.11. The Bertz CT molecular complexity index is 298. The number of nitrogens with one attached hydrogen (secondary N) is 1. The molecule has 0 aliphatic heterocycles. The molecule has 3 nitrogen and oxygen atoms in total. The van der Waals surface area contributed by atoms with Crippen LogP contribution in [0.3, 0.4) is 0 Å². The molecule has 0 radical (unpaired) electrons. The van der Waals surface area contributed by atoms with Gasteiger partial charge < -0.3 is 11.1 Å². The van der Waals surface area contributed by atoms with Crippen molar-refractivity contribution in [1.82, 2.24) is 10.3 Å². The van der Waals surface area contributed by atoms with Gasteiger partial charge in [0.25, 0.3) is 0 Å². The van der Waals surface area contributed by atoms with Crippen molar-refractivity contribution in [2.45, 2.75) is 38.1 Å². The monoisotopic (exact) mass is 225 g/mol. The number of unbranched alkanes of at least 4 members (excludes halogenated alkanes) is 1. The van der Waals surface area contributed by atoms with E-state index in [0.717, 1.165) is 25.9 Å². The van der Waals surface area contributed by atoms with Crippen LogP contribution >= 0.6 is 11.3 Å². The molecule has 3 N–H and O–H groups in total. The molecule has 1 aliphatic carbocycles. The van der Waals surface area contributed by atoms with Crippen LogP contribution in [0.2, 0.25) is 0 Å². The Morgan fingerprint density at radius 2 is 2.47 bits per heavy atom. The van der Waals surface area contributed by atoms with Gasteiger partial charge in [-0.15, -0.1) is 11.3 Å². The molecule has 0 bridgehead atoms. The highest BCUT2D eigenvalue weighted by Gasteiger charge is 2.19. The van der Waals surface area contributed by atoms with Crippen LogP contribution in [-0.4, -0.2) is 24.1 Å². The number of rotatable bonds is 5. The van der Waals surface area contributed by atoms with Gasteiger partial charge in [-0.3, -0.25) is 0 Å². The van der Waals surface area contributed by atoms with Crippen molar-refractivity contribution in [3.8, 4) is 0 Å². The van der Waals surface area contributed by atoms with Gasteiger partial charge >= 0.3 is 0 Å². The Morgan fingerprint density at radius 3 is 3.33 bits per heavy atom. The smallest absolute Gasteiger partial charge is 0.0797 e. The van der Waals surface area contributed by atoms with Crippen LogP contribution in [0, 0.1) is 0 Å². The van der Waals surface area contributed by atoms with Crippen LogP contribution in [0.25, 0.3) is 0 Å². The zero-order valence-corrected chi connectivity index (χ0v) is 9.85. The zero-order valence-electron chi connectivity index (χ0n) is 9.04. The molecule has 2 rings (SSSR count). The van der Waals surface area contributed by atoms with Crippen molar-refractivity contribution in [3.63, 3.8) is 0 Å². The first-order valence-electron chi connectivity index (χ1n) is 5.75. The molecule has 0 saturated heterocycles. The second-order valence-corrected chi connectivity index (χ2v) is 5.05. The van der Waals surface area contributed by atoms with Crippen molar-refractivity contribution in [3.05, 3.63) is 16.1 Å². The van der Waals surface area contributed by atoms with Gasteiger partial charge in [-0.05, 0) is 45.2 Å². The molecule has 1 aliphatic rings. The molecule has 84 valence electrons. The van der Waals surface area contributed by atoms with Crippen molar-refractivity contribution in [2.75, 3.05) is 13.1 Å². The summed E-state index contributed by atoms with van der Waals surface area (Å²) in [6, 6.07) is 0.663. The van der Waals surface area contributed by atoms with Gasteiger partial charge in [0.05, 0.1) is 11.2 Å². The van der Waals surface area contributed by atoms with Crippen LogP contribution in [0.1, 0.15) is 29.8 Å². The van der Waals surface area contributed by atoms with Crippen molar-refractivity contribution in [2.24, 2.45) is 5.73 Å². The SMILES string of the molecule is NCCCCNC1CCc2ncsc2C1.